The Bertz CT molecular complexity index is 1120. The molecule has 0 radical (unpaired) electrons. The average molecular weight is 521 g/mol. The number of fused-ring (bicyclic) bond motifs is 1. The number of aromatic nitrogens is 1. The fraction of sp³-hybridized carbons (Fsp3) is 0.500. The van der Waals surface area contributed by atoms with E-state index in [1.807, 2.05) is 56.3 Å². The highest BCUT2D eigenvalue weighted by molar-refractivity contribution is 5.97. The molecule has 1 fully saturated rings. The number of rotatable bonds is 7. The number of carbonyl (C=O) groups excluding carboxylic acids is 2. The summed E-state index contributed by atoms with van der Waals surface area (Å²) in [6.07, 6.45) is 10.8. The van der Waals surface area contributed by atoms with Gasteiger partial charge in [0.1, 0.15) is 11.7 Å². The summed E-state index contributed by atoms with van der Waals surface area (Å²) in [5.41, 5.74) is 2.17. The predicted molar refractivity (Wildman–Crippen MR) is 149 cm³/mol. The van der Waals surface area contributed by atoms with Crippen molar-refractivity contribution in [2.45, 2.75) is 64.1 Å². The highest BCUT2D eigenvalue weighted by atomic mass is 16.5. The second-order valence-electron chi connectivity index (χ2n) is 10.7. The average Bonchev–Trinajstić information content (AvgIpc) is 2.94. The monoisotopic (exact) mass is 520 g/mol. The number of amides is 3. The van der Waals surface area contributed by atoms with E-state index < -0.39 is 0 Å². The molecule has 38 heavy (non-hydrogen) atoms. The van der Waals surface area contributed by atoms with Gasteiger partial charge in [0.2, 0.25) is 5.88 Å². The van der Waals surface area contributed by atoms with Crippen LogP contribution >= 0.6 is 0 Å². The SMILES string of the molecule is C[C@@H]1CN([C@@H](C)CO)C(=O)c2cc(/C=C/c3ccccc3)cnc2O[C@@H]1CN(C)C(=O)NC1CCCCC1. The third-order valence-electron chi connectivity index (χ3n) is 7.54. The van der Waals surface area contributed by atoms with E-state index in [9.17, 15) is 14.7 Å². The van der Waals surface area contributed by atoms with Crippen molar-refractivity contribution in [2.75, 3.05) is 26.7 Å². The molecule has 2 N–H and O–H groups in total. The molecule has 2 heterocycles. The van der Waals surface area contributed by atoms with Crippen molar-refractivity contribution < 1.29 is 19.4 Å². The largest absolute Gasteiger partial charge is 0.472 e. The molecule has 4 rings (SSSR count). The van der Waals surface area contributed by atoms with E-state index in [1.165, 1.54) is 6.42 Å². The maximum absolute atomic E-state index is 13.6. The van der Waals surface area contributed by atoms with Gasteiger partial charge in [-0.3, -0.25) is 4.79 Å². The third-order valence-corrected chi connectivity index (χ3v) is 7.54. The molecule has 1 aromatic heterocycles. The van der Waals surface area contributed by atoms with Gasteiger partial charge in [0.25, 0.3) is 5.91 Å². The van der Waals surface area contributed by atoms with Gasteiger partial charge in [-0.15, -0.1) is 0 Å². The van der Waals surface area contributed by atoms with Crippen LogP contribution in [0.1, 0.15) is 67.4 Å². The quantitative estimate of drug-likeness (QED) is 0.563. The molecule has 0 spiro atoms. The number of ether oxygens (including phenoxy) is 1. The van der Waals surface area contributed by atoms with Crippen molar-refractivity contribution in [3.63, 3.8) is 0 Å². The van der Waals surface area contributed by atoms with E-state index in [1.54, 1.807) is 29.1 Å². The highest BCUT2D eigenvalue weighted by Crippen LogP contribution is 2.28. The maximum Gasteiger partial charge on any atom is 0.317 e. The van der Waals surface area contributed by atoms with Crippen molar-refractivity contribution in [2.24, 2.45) is 5.92 Å². The number of urea groups is 1. The van der Waals surface area contributed by atoms with Crippen LogP contribution in [0, 0.1) is 5.92 Å². The van der Waals surface area contributed by atoms with Crippen LogP contribution < -0.4 is 10.1 Å². The number of benzene rings is 1. The normalized spacial score (nSPS) is 21.3. The molecule has 0 bridgehead atoms. The molecule has 1 aliphatic carbocycles. The smallest absolute Gasteiger partial charge is 0.317 e. The van der Waals surface area contributed by atoms with Crippen LogP contribution in [0.15, 0.2) is 42.6 Å². The lowest BCUT2D eigenvalue weighted by Gasteiger charge is -2.38. The zero-order valence-electron chi connectivity index (χ0n) is 22.7. The molecule has 1 saturated carbocycles. The van der Waals surface area contributed by atoms with E-state index in [0.29, 0.717) is 18.7 Å². The van der Waals surface area contributed by atoms with Gasteiger partial charge in [-0.1, -0.05) is 68.7 Å². The summed E-state index contributed by atoms with van der Waals surface area (Å²) >= 11 is 0. The van der Waals surface area contributed by atoms with Crippen molar-refractivity contribution in [3.8, 4) is 5.88 Å². The van der Waals surface area contributed by atoms with Crippen molar-refractivity contribution in [3.05, 3.63) is 59.3 Å². The molecule has 3 atom stereocenters. The van der Waals surface area contributed by atoms with Gasteiger partial charge in [-0.25, -0.2) is 9.78 Å². The first-order valence-corrected chi connectivity index (χ1v) is 13.7. The zero-order valence-corrected chi connectivity index (χ0v) is 22.7. The number of hydrogen-bond acceptors (Lipinski definition) is 5. The van der Waals surface area contributed by atoms with Gasteiger partial charge in [0, 0.05) is 31.7 Å². The predicted octanol–water partition coefficient (Wildman–Crippen LogP) is 4.45. The number of nitrogens with one attached hydrogen (secondary N) is 1. The Labute approximate surface area is 225 Å². The Morgan fingerprint density at radius 2 is 1.92 bits per heavy atom. The van der Waals surface area contributed by atoms with E-state index in [4.69, 9.17) is 4.74 Å². The summed E-state index contributed by atoms with van der Waals surface area (Å²) in [6.45, 7) is 4.44. The molecular weight excluding hydrogens is 480 g/mol. The molecular formula is C30H40N4O4. The number of hydrogen-bond donors (Lipinski definition) is 2. The minimum atomic E-state index is -0.379. The van der Waals surface area contributed by atoms with Crippen LogP contribution in [-0.4, -0.2) is 76.8 Å². The summed E-state index contributed by atoms with van der Waals surface area (Å²) < 4.78 is 6.34. The third kappa shape index (κ3) is 6.92. The summed E-state index contributed by atoms with van der Waals surface area (Å²) in [4.78, 5) is 34.4. The van der Waals surface area contributed by atoms with Gasteiger partial charge < -0.3 is 25.0 Å². The topological polar surface area (TPSA) is 95.0 Å². The number of carbonyl (C=O) groups is 2. The fourth-order valence-electron chi connectivity index (χ4n) is 5.07. The summed E-state index contributed by atoms with van der Waals surface area (Å²) in [7, 11) is 1.78. The molecule has 0 saturated heterocycles. The molecule has 1 aliphatic heterocycles. The van der Waals surface area contributed by atoms with Crippen LogP contribution in [0.4, 0.5) is 4.79 Å². The lowest BCUT2D eigenvalue weighted by atomic mass is 9.96. The molecule has 3 amide bonds. The first-order chi connectivity index (χ1) is 18.4. The Morgan fingerprint density at radius 1 is 1.21 bits per heavy atom. The van der Waals surface area contributed by atoms with Crippen molar-refractivity contribution >= 4 is 24.1 Å². The number of nitrogens with zero attached hydrogens (tertiary/aromatic N) is 3. The number of aliphatic hydroxyl groups excluding tert-OH is 1. The van der Waals surface area contributed by atoms with Crippen LogP contribution in [0.3, 0.4) is 0 Å². The number of pyridine rings is 1. The first kappa shape index (κ1) is 27.6. The zero-order chi connectivity index (χ0) is 27.1. The molecule has 0 unspecified atom stereocenters. The molecule has 1 aromatic carbocycles. The van der Waals surface area contributed by atoms with Gasteiger partial charge >= 0.3 is 6.03 Å². The molecule has 8 heteroatoms. The van der Waals surface area contributed by atoms with Gasteiger partial charge in [-0.2, -0.15) is 0 Å². The van der Waals surface area contributed by atoms with E-state index in [2.05, 4.69) is 10.3 Å². The first-order valence-electron chi connectivity index (χ1n) is 13.7. The maximum atomic E-state index is 13.6. The van der Waals surface area contributed by atoms with Gasteiger partial charge in [-0.05, 0) is 37.0 Å². The van der Waals surface area contributed by atoms with Crippen LogP contribution in [0.25, 0.3) is 12.2 Å². The minimum absolute atomic E-state index is 0.0921. The Balaban J connectivity index is 1.56. The Hall–Kier alpha value is -3.39. The molecule has 2 aliphatic rings. The molecule has 204 valence electrons. The standard InChI is InChI=1S/C30H40N4O4/c1-21-18-34(22(2)20-35)29(36)26-16-24(15-14-23-10-6-4-7-11-23)17-31-28(26)38-27(21)19-33(3)30(37)32-25-12-8-5-9-13-25/h4,6-7,10-11,14-17,21-22,25,27,35H,5,8-9,12-13,18-20H2,1-3H3,(H,32,37)/b15-14+/t21-,22+,27-/m1/s1. The van der Waals surface area contributed by atoms with Crippen molar-refractivity contribution in [1.29, 1.82) is 0 Å². The highest BCUT2D eigenvalue weighted by Gasteiger charge is 2.35. The summed E-state index contributed by atoms with van der Waals surface area (Å²) in [5, 5.41) is 13.1. The Morgan fingerprint density at radius 3 is 2.63 bits per heavy atom. The van der Waals surface area contributed by atoms with E-state index >= 15 is 0 Å². The van der Waals surface area contributed by atoms with Crippen LogP contribution in [0.2, 0.25) is 0 Å². The lowest BCUT2D eigenvalue weighted by molar-refractivity contribution is 0.0351. The summed E-state index contributed by atoms with van der Waals surface area (Å²) in [5.74, 6) is -0.0668. The van der Waals surface area contributed by atoms with E-state index in [-0.39, 0.29) is 48.5 Å². The summed E-state index contributed by atoms with van der Waals surface area (Å²) in [6, 6.07) is 11.4. The van der Waals surface area contributed by atoms with E-state index in [0.717, 1.165) is 36.8 Å². The minimum Gasteiger partial charge on any atom is -0.472 e. The molecule has 2 aromatic rings. The van der Waals surface area contributed by atoms with Crippen LogP contribution in [0.5, 0.6) is 5.88 Å². The number of aliphatic hydroxyl groups is 1. The fourth-order valence-corrected chi connectivity index (χ4v) is 5.07. The van der Waals surface area contributed by atoms with Gasteiger partial charge in [0.05, 0.1) is 19.2 Å². The molecule has 8 nitrogen and oxygen atoms in total. The Kier molecular flexibility index (Phi) is 9.39. The second-order valence-corrected chi connectivity index (χ2v) is 10.7. The number of likely N-dealkylation sites (N-methyl/N-ethyl adjacent to an activating group) is 1. The van der Waals surface area contributed by atoms with Crippen LogP contribution in [-0.2, 0) is 0 Å². The second kappa shape index (κ2) is 12.9. The van der Waals surface area contributed by atoms with Crippen molar-refractivity contribution in [1.82, 2.24) is 20.1 Å². The van der Waals surface area contributed by atoms with Gasteiger partial charge in [0.15, 0.2) is 0 Å². The lowest BCUT2D eigenvalue weighted by Crippen LogP contribution is -2.52.